The minimum Gasteiger partial charge on any atom is -0.379 e. The second-order valence-electron chi connectivity index (χ2n) is 7.51. The van der Waals surface area contributed by atoms with Crippen LogP contribution in [0.1, 0.15) is 11.1 Å². The van der Waals surface area contributed by atoms with Crippen molar-refractivity contribution in [2.24, 2.45) is 0 Å². The normalized spacial score (nSPS) is 19.4. The maximum absolute atomic E-state index is 5.42. The van der Waals surface area contributed by atoms with Crippen molar-refractivity contribution in [1.29, 1.82) is 0 Å². The minimum absolute atomic E-state index is 0.844. The van der Waals surface area contributed by atoms with Crippen LogP contribution in [0.4, 0.5) is 5.82 Å². The van der Waals surface area contributed by atoms with E-state index in [9.17, 15) is 0 Å². The fourth-order valence-corrected chi connectivity index (χ4v) is 3.78. The molecule has 0 bridgehead atoms. The second kappa shape index (κ2) is 9.82. The van der Waals surface area contributed by atoms with Crippen LogP contribution in [0.2, 0.25) is 0 Å². The highest BCUT2D eigenvalue weighted by Gasteiger charge is 2.17. The zero-order valence-corrected chi connectivity index (χ0v) is 16.5. The number of pyridine rings is 1. The van der Waals surface area contributed by atoms with Gasteiger partial charge in [0.05, 0.1) is 13.2 Å². The van der Waals surface area contributed by atoms with Crippen LogP contribution in [0.15, 0.2) is 54.7 Å². The van der Waals surface area contributed by atoms with Gasteiger partial charge in [-0.1, -0.05) is 48.6 Å². The lowest BCUT2D eigenvalue weighted by Gasteiger charge is -2.35. The first-order chi connectivity index (χ1) is 13.9. The minimum atomic E-state index is 0.844. The summed E-state index contributed by atoms with van der Waals surface area (Å²) in [6, 6.07) is 14.9. The SMILES string of the molecule is C(=Cc1ccccc1)CN1CCN(c2ccc(CN3CCOCC3)cn2)CC1. The second-order valence-corrected chi connectivity index (χ2v) is 7.51. The van der Waals surface area contributed by atoms with Gasteiger partial charge in [0.1, 0.15) is 5.82 Å². The molecule has 0 aliphatic carbocycles. The number of hydrogen-bond acceptors (Lipinski definition) is 5. The number of morpholine rings is 1. The summed E-state index contributed by atoms with van der Waals surface area (Å²) < 4.78 is 5.42. The molecule has 1 aromatic heterocycles. The van der Waals surface area contributed by atoms with E-state index in [0.29, 0.717) is 0 Å². The molecule has 1 aromatic carbocycles. The van der Waals surface area contributed by atoms with Crippen LogP contribution >= 0.6 is 0 Å². The van der Waals surface area contributed by atoms with Crippen LogP contribution in [0.3, 0.4) is 0 Å². The number of ether oxygens (including phenoxy) is 1. The molecule has 0 atom stereocenters. The lowest BCUT2D eigenvalue weighted by molar-refractivity contribution is 0.0341. The van der Waals surface area contributed by atoms with E-state index in [0.717, 1.165) is 71.4 Å². The molecule has 4 rings (SSSR count). The van der Waals surface area contributed by atoms with Gasteiger partial charge in [-0.3, -0.25) is 9.80 Å². The summed E-state index contributed by atoms with van der Waals surface area (Å²) in [4.78, 5) is 12.1. The van der Waals surface area contributed by atoms with E-state index in [-0.39, 0.29) is 0 Å². The predicted octanol–water partition coefficient (Wildman–Crippen LogP) is 2.75. The first-order valence-electron chi connectivity index (χ1n) is 10.3. The van der Waals surface area contributed by atoms with Crippen molar-refractivity contribution in [3.05, 3.63) is 65.9 Å². The Bertz CT molecular complexity index is 733. The molecule has 28 heavy (non-hydrogen) atoms. The van der Waals surface area contributed by atoms with Crippen LogP contribution in [0, 0.1) is 0 Å². The molecule has 0 radical (unpaired) electrons. The van der Waals surface area contributed by atoms with Gasteiger partial charge in [-0.05, 0) is 17.2 Å². The van der Waals surface area contributed by atoms with Crippen molar-refractivity contribution in [2.45, 2.75) is 6.54 Å². The monoisotopic (exact) mass is 378 g/mol. The van der Waals surface area contributed by atoms with E-state index in [4.69, 9.17) is 9.72 Å². The lowest BCUT2D eigenvalue weighted by atomic mass is 10.2. The average Bonchev–Trinajstić information content (AvgIpc) is 2.76. The van der Waals surface area contributed by atoms with Crippen molar-refractivity contribution in [3.8, 4) is 0 Å². The molecule has 2 aliphatic rings. The molecule has 148 valence electrons. The van der Waals surface area contributed by atoms with E-state index in [1.165, 1.54) is 11.1 Å². The Morgan fingerprint density at radius 1 is 0.857 bits per heavy atom. The highest BCUT2D eigenvalue weighted by Crippen LogP contribution is 2.15. The topological polar surface area (TPSA) is 31.8 Å². The first-order valence-corrected chi connectivity index (χ1v) is 10.3. The highest BCUT2D eigenvalue weighted by atomic mass is 16.5. The summed E-state index contributed by atoms with van der Waals surface area (Å²) >= 11 is 0. The number of rotatable bonds is 6. The van der Waals surface area contributed by atoms with Crippen LogP contribution in [-0.2, 0) is 11.3 Å². The number of hydrogen-bond donors (Lipinski definition) is 0. The fourth-order valence-electron chi connectivity index (χ4n) is 3.78. The number of nitrogens with zero attached hydrogens (tertiary/aromatic N) is 4. The Kier molecular flexibility index (Phi) is 6.71. The van der Waals surface area contributed by atoms with Gasteiger partial charge in [0.2, 0.25) is 0 Å². The maximum Gasteiger partial charge on any atom is 0.128 e. The maximum atomic E-state index is 5.42. The first kappa shape index (κ1) is 19.1. The third-order valence-electron chi connectivity index (χ3n) is 5.49. The Morgan fingerprint density at radius 2 is 1.64 bits per heavy atom. The van der Waals surface area contributed by atoms with Crippen LogP contribution in [-0.4, -0.2) is 73.8 Å². The Hall–Kier alpha value is -2.21. The molecule has 5 nitrogen and oxygen atoms in total. The zero-order valence-electron chi connectivity index (χ0n) is 16.5. The molecular formula is C23H30N4O. The van der Waals surface area contributed by atoms with Gasteiger partial charge in [-0.2, -0.15) is 0 Å². The largest absolute Gasteiger partial charge is 0.379 e. The van der Waals surface area contributed by atoms with E-state index >= 15 is 0 Å². The summed E-state index contributed by atoms with van der Waals surface area (Å²) in [5.74, 6) is 1.10. The van der Waals surface area contributed by atoms with E-state index in [2.05, 4.69) is 69.3 Å². The Labute approximate surface area is 168 Å². The zero-order chi connectivity index (χ0) is 19.0. The molecule has 0 spiro atoms. The van der Waals surface area contributed by atoms with Gasteiger partial charge >= 0.3 is 0 Å². The molecule has 2 aliphatic heterocycles. The highest BCUT2D eigenvalue weighted by molar-refractivity contribution is 5.48. The number of anilines is 1. The van der Waals surface area contributed by atoms with Gasteiger partial charge in [-0.25, -0.2) is 4.98 Å². The summed E-state index contributed by atoms with van der Waals surface area (Å²) in [5.41, 5.74) is 2.55. The summed E-state index contributed by atoms with van der Waals surface area (Å²) in [7, 11) is 0. The van der Waals surface area contributed by atoms with Crippen molar-refractivity contribution in [1.82, 2.24) is 14.8 Å². The molecule has 3 heterocycles. The third-order valence-corrected chi connectivity index (χ3v) is 5.49. The van der Waals surface area contributed by atoms with E-state index in [1.807, 2.05) is 6.20 Å². The van der Waals surface area contributed by atoms with Crippen LogP contribution in [0.25, 0.3) is 6.08 Å². The number of aromatic nitrogens is 1. The van der Waals surface area contributed by atoms with Crippen molar-refractivity contribution < 1.29 is 4.74 Å². The summed E-state index contributed by atoms with van der Waals surface area (Å²) in [6.45, 7) is 9.93. The number of piperazine rings is 1. The molecule has 5 heteroatoms. The Balaban J connectivity index is 1.22. The van der Waals surface area contributed by atoms with E-state index in [1.54, 1.807) is 0 Å². The van der Waals surface area contributed by atoms with Crippen molar-refractivity contribution in [2.75, 3.05) is 63.9 Å². The van der Waals surface area contributed by atoms with Crippen LogP contribution in [0.5, 0.6) is 0 Å². The quantitative estimate of drug-likeness (QED) is 0.772. The van der Waals surface area contributed by atoms with Gasteiger partial charge in [0.15, 0.2) is 0 Å². The molecule has 0 amide bonds. The molecular weight excluding hydrogens is 348 g/mol. The molecule has 0 N–H and O–H groups in total. The molecule has 2 fully saturated rings. The van der Waals surface area contributed by atoms with Gasteiger partial charge in [0, 0.05) is 58.6 Å². The average molecular weight is 379 g/mol. The molecule has 2 saturated heterocycles. The summed E-state index contributed by atoms with van der Waals surface area (Å²) in [5, 5.41) is 0. The summed E-state index contributed by atoms with van der Waals surface area (Å²) in [6.07, 6.45) is 6.52. The van der Waals surface area contributed by atoms with Gasteiger partial charge in [0.25, 0.3) is 0 Å². The molecule has 0 saturated carbocycles. The molecule has 0 unspecified atom stereocenters. The lowest BCUT2D eigenvalue weighted by Crippen LogP contribution is -2.46. The standard InChI is InChI=1S/C23H30N4O/c1-2-5-21(6-3-1)7-4-10-25-11-13-27(14-12-25)23-9-8-22(19-24-23)20-26-15-17-28-18-16-26/h1-9,19H,10-18,20H2. The van der Waals surface area contributed by atoms with Gasteiger partial charge < -0.3 is 9.64 Å². The van der Waals surface area contributed by atoms with Crippen molar-refractivity contribution in [3.63, 3.8) is 0 Å². The fraction of sp³-hybridized carbons (Fsp3) is 0.435. The predicted molar refractivity (Wildman–Crippen MR) is 114 cm³/mol. The van der Waals surface area contributed by atoms with Crippen molar-refractivity contribution >= 4 is 11.9 Å². The van der Waals surface area contributed by atoms with E-state index < -0.39 is 0 Å². The van der Waals surface area contributed by atoms with Gasteiger partial charge in [-0.15, -0.1) is 0 Å². The van der Waals surface area contributed by atoms with Crippen LogP contribution < -0.4 is 4.90 Å². The number of benzene rings is 1. The third kappa shape index (κ3) is 5.41. The Morgan fingerprint density at radius 3 is 2.36 bits per heavy atom. The smallest absolute Gasteiger partial charge is 0.128 e. The molecule has 2 aromatic rings.